The van der Waals surface area contributed by atoms with Crippen LogP contribution in [0.25, 0.3) is 0 Å². The summed E-state index contributed by atoms with van der Waals surface area (Å²) >= 11 is 0. The summed E-state index contributed by atoms with van der Waals surface area (Å²) in [6.07, 6.45) is 5.73. The normalized spacial score (nSPS) is 16.5. The van der Waals surface area contributed by atoms with Crippen molar-refractivity contribution in [1.82, 2.24) is 20.4 Å². The predicted molar refractivity (Wildman–Crippen MR) is 82.5 cm³/mol. The zero-order valence-corrected chi connectivity index (χ0v) is 13.3. The minimum Gasteiger partial charge on any atom is -0.477 e. The first-order valence-corrected chi connectivity index (χ1v) is 7.83. The molecule has 0 radical (unpaired) electrons. The lowest BCUT2D eigenvalue weighted by Crippen LogP contribution is -2.48. The number of rotatable bonds is 4. The molecule has 2 aromatic heterocycles. The van der Waals surface area contributed by atoms with E-state index in [1.807, 2.05) is 0 Å². The second kappa shape index (κ2) is 6.38. The van der Waals surface area contributed by atoms with Crippen molar-refractivity contribution in [2.24, 2.45) is 0 Å². The lowest BCUT2D eigenvalue weighted by Gasteiger charge is -2.35. The van der Waals surface area contributed by atoms with Gasteiger partial charge in [-0.2, -0.15) is 4.98 Å². The van der Waals surface area contributed by atoms with Crippen molar-refractivity contribution >= 4 is 11.9 Å². The Balaban J connectivity index is 1.89. The molecule has 1 saturated carbocycles. The molecule has 0 aromatic carbocycles. The van der Waals surface area contributed by atoms with Gasteiger partial charge in [0.25, 0.3) is 5.91 Å². The Morgan fingerprint density at radius 2 is 2.04 bits per heavy atom. The molecule has 0 atom stereocenters. The number of aryl methyl sites for hydroxylation is 1. The molecule has 2 N–H and O–H groups in total. The summed E-state index contributed by atoms with van der Waals surface area (Å²) in [5.41, 5.74) is -0.608. The summed E-state index contributed by atoms with van der Waals surface area (Å²) < 4.78 is 5.08. The van der Waals surface area contributed by atoms with Crippen molar-refractivity contribution < 1.29 is 19.2 Å². The highest BCUT2D eigenvalue weighted by atomic mass is 16.5. The Kier molecular flexibility index (Phi) is 4.28. The van der Waals surface area contributed by atoms with Crippen molar-refractivity contribution in [2.45, 2.75) is 44.6 Å². The SMILES string of the molecule is Cc1nc(C2(NC(=O)c3ccnc(C(=O)O)c3)CCCCC2)no1. The lowest BCUT2D eigenvalue weighted by atomic mass is 9.80. The summed E-state index contributed by atoms with van der Waals surface area (Å²) in [6, 6.07) is 2.75. The van der Waals surface area contributed by atoms with Gasteiger partial charge in [0, 0.05) is 18.7 Å². The third-order valence-electron chi connectivity index (χ3n) is 4.26. The molecule has 0 unspecified atom stereocenters. The standard InChI is InChI=1S/C16H18N4O4/c1-10-18-15(20-24-10)16(6-3-2-4-7-16)19-13(21)11-5-8-17-12(9-11)14(22)23/h5,8-9H,2-4,6-7H2,1H3,(H,19,21)(H,22,23). The number of amides is 1. The molecule has 1 fully saturated rings. The van der Waals surface area contributed by atoms with Crippen LogP contribution in [-0.4, -0.2) is 32.1 Å². The maximum atomic E-state index is 12.7. The Bertz CT molecular complexity index is 765. The van der Waals surface area contributed by atoms with Crippen LogP contribution in [0.1, 0.15) is 64.7 Å². The highest BCUT2D eigenvalue weighted by molar-refractivity contribution is 5.97. The van der Waals surface area contributed by atoms with E-state index in [1.165, 1.54) is 18.3 Å². The van der Waals surface area contributed by atoms with E-state index in [0.29, 0.717) is 24.6 Å². The Hall–Kier alpha value is -2.77. The van der Waals surface area contributed by atoms with Crippen molar-refractivity contribution in [1.29, 1.82) is 0 Å². The third kappa shape index (κ3) is 3.12. The first-order chi connectivity index (χ1) is 11.5. The zero-order valence-electron chi connectivity index (χ0n) is 13.3. The number of carboxylic acid groups (broad SMARTS) is 1. The summed E-state index contributed by atoms with van der Waals surface area (Å²) in [5, 5.41) is 16.0. The number of nitrogens with zero attached hydrogens (tertiary/aromatic N) is 3. The van der Waals surface area contributed by atoms with Crippen LogP contribution < -0.4 is 5.32 Å². The van der Waals surface area contributed by atoms with Crippen LogP contribution in [0.2, 0.25) is 0 Å². The molecule has 1 amide bonds. The fraction of sp³-hybridized carbons (Fsp3) is 0.438. The van der Waals surface area contributed by atoms with Crippen molar-refractivity contribution in [3.05, 3.63) is 41.3 Å². The van der Waals surface area contributed by atoms with Gasteiger partial charge in [-0.1, -0.05) is 24.4 Å². The van der Waals surface area contributed by atoms with Gasteiger partial charge in [-0.05, 0) is 25.0 Å². The summed E-state index contributed by atoms with van der Waals surface area (Å²) in [6.45, 7) is 1.71. The summed E-state index contributed by atoms with van der Waals surface area (Å²) in [7, 11) is 0. The average molecular weight is 330 g/mol. The van der Waals surface area contributed by atoms with E-state index in [1.54, 1.807) is 6.92 Å². The number of pyridine rings is 1. The number of aromatic carboxylic acids is 1. The van der Waals surface area contributed by atoms with Crippen LogP contribution in [0.15, 0.2) is 22.9 Å². The van der Waals surface area contributed by atoms with Gasteiger partial charge in [0.15, 0.2) is 5.82 Å². The van der Waals surface area contributed by atoms with E-state index in [-0.39, 0.29) is 17.2 Å². The van der Waals surface area contributed by atoms with Crippen LogP contribution in [0.3, 0.4) is 0 Å². The van der Waals surface area contributed by atoms with Gasteiger partial charge in [-0.15, -0.1) is 0 Å². The predicted octanol–water partition coefficient (Wildman–Crippen LogP) is 2.06. The molecule has 2 heterocycles. The van der Waals surface area contributed by atoms with E-state index in [4.69, 9.17) is 9.63 Å². The molecule has 8 heteroatoms. The number of hydrogen-bond donors (Lipinski definition) is 2. The second-order valence-electron chi connectivity index (χ2n) is 5.97. The zero-order chi connectivity index (χ0) is 17.2. The van der Waals surface area contributed by atoms with Crippen LogP contribution in [0, 0.1) is 6.92 Å². The van der Waals surface area contributed by atoms with Gasteiger partial charge in [-0.25, -0.2) is 9.78 Å². The number of carbonyl (C=O) groups excluding carboxylic acids is 1. The molecule has 24 heavy (non-hydrogen) atoms. The van der Waals surface area contributed by atoms with Crippen molar-refractivity contribution in [2.75, 3.05) is 0 Å². The van der Waals surface area contributed by atoms with Gasteiger partial charge in [0.2, 0.25) is 5.89 Å². The molecular weight excluding hydrogens is 312 g/mol. The van der Waals surface area contributed by atoms with E-state index < -0.39 is 11.5 Å². The maximum Gasteiger partial charge on any atom is 0.354 e. The van der Waals surface area contributed by atoms with Crippen LogP contribution in [0.4, 0.5) is 0 Å². The van der Waals surface area contributed by atoms with Gasteiger partial charge < -0.3 is 14.9 Å². The molecule has 0 bridgehead atoms. The minimum atomic E-state index is -1.18. The van der Waals surface area contributed by atoms with Gasteiger partial charge in [0.05, 0.1) is 0 Å². The number of nitrogens with one attached hydrogen (secondary N) is 1. The number of aromatic nitrogens is 3. The molecule has 0 spiro atoms. The molecule has 1 aliphatic rings. The van der Waals surface area contributed by atoms with Gasteiger partial charge >= 0.3 is 5.97 Å². The molecule has 0 aliphatic heterocycles. The quantitative estimate of drug-likeness (QED) is 0.880. The van der Waals surface area contributed by atoms with Gasteiger partial charge in [0.1, 0.15) is 11.2 Å². The first kappa shape index (κ1) is 16.1. The topological polar surface area (TPSA) is 118 Å². The largest absolute Gasteiger partial charge is 0.477 e. The summed E-state index contributed by atoms with van der Waals surface area (Å²) in [4.78, 5) is 31.7. The number of hydrogen-bond acceptors (Lipinski definition) is 6. The van der Waals surface area contributed by atoms with Crippen LogP contribution in [0.5, 0.6) is 0 Å². The smallest absolute Gasteiger partial charge is 0.354 e. The fourth-order valence-electron chi connectivity index (χ4n) is 3.03. The molecule has 1 aliphatic carbocycles. The van der Waals surface area contributed by atoms with E-state index >= 15 is 0 Å². The molecule has 126 valence electrons. The fourth-order valence-corrected chi connectivity index (χ4v) is 3.03. The van der Waals surface area contributed by atoms with Gasteiger partial charge in [-0.3, -0.25) is 4.79 Å². The summed E-state index contributed by atoms with van der Waals surface area (Å²) in [5.74, 6) is -0.628. The van der Waals surface area contributed by atoms with Crippen molar-refractivity contribution in [3.8, 4) is 0 Å². The third-order valence-corrected chi connectivity index (χ3v) is 4.26. The Morgan fingerprint density at radius 1 is 1.29 bits per heavy atom. The minimum absolute atomic E-state index is 0.171. The number of carbonyl (C=O) groups is 2. The molecule has 2 aromatic rings. The van der Waals surface area contributed by atoms with E-state index in [0.717, 1.165) is 19.3 Å². The highest BCUT2D eigenvalue weighted by Gasteiger charge is 2.39. The average Bonchev–Trinajstić information content (AvgIpc) is 3.03. The first-order valence-electron chi connectivity index (χ1n) is 7.83. The van der Waals surface area contributed by atoms with E-state index in [2.05, 4.69) is 20.4 Å². The monoisotopic (exact) mass is 330 g/mol. The van der Waals surface area contributed by atoms with E-state index in [9.17, 15) is 9.59 Å². The van der Waals surface area contributed by atoms with Crippen molar-refractivity contribution in [3.63, 3.8) is 0 Å². The molecule has 0 saturated heterocycles. The highest BCUT2D eigenvalue weighted by Crippen LogP contribution is 2.35. The van der Waals surface area contributed by atoms with Crippen LogP contribution >= 0.6 is 0 Å². The molecule has 8 nitrogen and oxygen atoms in total. The Labute approximate surface area is 138 Å². The molecular formula is C16H18N4O4. The van der Waals surface area contributed by atoms with Crippen LogP contribution in [-0.2, 0) is 5.54 Å². The lowest BCUT2D eigenvalue weighted by molar-refractivity contribution is 0.0690. The second-order valence-corrected chi connectivity index (χ2v) is 5.97. The Morgan fingerprint density at radius 3 is 2.67 bits per heavy atom. The number of carboxylic acids is 1. The molecule has 3 rings (SSSR count). The maximum absolute atomic E-state index is 12.7.